The van der Waals surface area contributed by atoms with E-state index in [0.29, 0.717) is 23.4 Å². The van der Waals surface area contributed by atoms with Crippen LogP contribution in [0.15, 0.2) is 66.9 Å². The summed E-state index contributed by atoms with van der Waals surface area (Å²) < 4.78 is 14.1. The van der Waals surface area contributed by atoms with Crippen LogP contribution < -0.4 is 10.2 Å². The summed E-state index contributed by atoms with van der Waals surface area (Å²) >= 11 is 0. The van der Waals surface area contributed by atoms with E-state index < -0.39 is 17.8 Å². The summed E-state index contributed by atoms with van der Waals surface area (Å²) in [5.74, 6) is -1.56. The number of aromatic nitrogens is 1. The molecular formula is C30H33FN4O3. The highest BCUT2D eigenvalue weighted by Crippen LogP contribution is 2.32. The summed E-state index contributed by atoms with van der Waals surface area (Å²) in [6.07, 6.45) is 1.30. The molecule has 1 unspecified atom stereocenters. The Morgan fingerprint density at radius 2 is 1.79 bits per heavy atom. The van der Waals surface area contributed by atoms with Gasteiger partial charge in [-0.25, -0.2) is 4.39 Å². The normalized spacial score (nSPS) is 15.6. The van der Waals surface area contributed by atoms with Gasteiger partial charge in [-0.15, -0.1) is 0 Å². The van der Waals surface area contributed by atoms with Gasteiger partial charge in [-0.2, -0.15) is 0 Å². The first kappa shape index (κ1) is 27.0. The third-order valence-electron chi connectivity index (χ3n) is 6.40. The zero-order valence-electron chi connectivity index (χ0n) is 22.2. The molecule has 2 heterocycles. The lowest BCUT2D eigenvalue weighted by Crippen LogP contribution is -2.52. The average Bonchev–Trinajstić information content (AvgIpc) is 2.97. The molecule has 1 aliphatic rings. The Morgan fingerprint density at radius 3 is 2.50 bits per heavy atom. The lowest BCUT2D eigenvalue weighted by Gasteiger charge is -2.33. The van der Waals surface area contributed by atoms with Crippen molar-refractivity contribution < 1.29 is 18.8 Å². The van der Waals surface area contributed by atoms with Crippen LogP contribution in [0.25, 0.3) is 0 Å². The van der Waals surface area contributed by atoms with Crippen molar-refractivity contribution >= 4 is 23.4 Å². The molecule has 38 heavy (non-hydrogen) atoms. The predicted molar refractivity (Wildman–Crippen MR) is 144 cm³/mol. The fraction of sp³-hybridized carbons (Fsp3) is 0.333. The highest BCUT2D eigenvalue weighted by atomic mass is 19.1. The fourth-order valence-electron chi connectivity index (χ4n) is 4.61. The van der Waals surface area contributed by atoms with Crippen molar-refractivity contribution in [1.82, 2.24) is 15.2 Å². The molecular weight excluding hydrogens is 483 g/mol. The Balaban J connectivity index is 1.70. The molecule has 8 heteroatoms. The van der Waals surface area contributed by atoms with Gasteiger partial charge in [-0.1, -0.05) is 57.2 Å². The second kappa shape index (κ2) is 11.1. The second-order valence-corrected chi connectivity index (χ2v) is 10.8. The van der Waals surface area contributed by atoms with E-state index in [1.807, 2.05) is 45.0 Å². The monoisotopic (exact) mass is 516 g/mol. The minimum Gasteiger partial charge on any atom is -0.352 e. The number of aryl methyl sites for hydroxylation is 1. The lowest BCUT2D eigenvalue weighted by atomic mass is 9.95. The molecule has 0 aliphatic carbocycles. The van der Waals surface area contributed by atoms with E-state index in [2.05, 4.69) is 10.3 Å². The Morgan fingerprint density at radius 1 is 1.08 bits per heavy atom. The number of hydrogen-bond acceptors (Lipinski definition) is 4. The molecule has 7 nitrogen and oxygen atoms in total. The van der Waals surface area contributed by atoms with Crippen molar-refractivity contribution in [2.45, 2.75) is 53.2 Å². The van der Waals surface area contributed by atoms with Crippen LogP contribution >= 0.6 is 0 Å². The number of rotatable bonds is 6. The maximum Gasteiger partial charge on any atom is 0.254 e. The van der Waals surface area contributed by atoms with Gasteiger partial charge in [0.15, 0.2) is 0 Å². The molecule has 0 radical (unpaired) electrons. The standard InChI is InChI=1S/C30H33FN4O3/c1-20-15-21(13-14-32-20)28(37)34-18-23-10-6-8-12-25(23)35(19-30(2,3)4)29(38)26(34)16-27(36)33-17-22-9-5-7-11-24(22)31/h5-15,26H,16-19H2,1-4H3,(H,33,36). The number of nitrogens with zero attached hydrogens (tertiary/aromatic N) is 3. The summed E-state index contributed by atoms with van der Waals surface area (Å²) in [5.41, 5.74) is 2.72. The highest BCUT2D eigenvalue weighted by molar-refractivity contribution is 6.05. The summed E-state index contributed by atoms with van der Waals surface area (Å²) in [4.78, 5) is 48.4. The van der Waals surface area contributed by atoms with Crippen molar-refractivity contribution in [1.29, 1.82) is 0 Å². The minimum absolute atomic E-state index is 0.0180. The van der Waals surface area contributed by atoms with Gasteiger partial charge >= 0.3 is 0 Å². The largest absolute Gasteiger partial charge is 0.352 e. The molecule has 0 fully saturated rings. The first-order valence-electron chi connectivity index (χ1n) is 12.7. The van der Waals surface area contributed by atoms with Crippen LogP contribution in [-0.4, -0.2) is 40.2 Å². The van der Waals surface area contributed by atoms with Crippen molar-refractivity contribution in [2.75, 3.05) is 11.4 Å². The molecule has 1 atom stereocenters. The molecule has 0 bridgehead atoms. The van der Waals surface area contributed by atoms with E-state index in [1.165, 1.54) is 11.0 Å². The van der Waals surface area contributed by atoms with Gasteiger partial charge in [-0.05, 0) is 42.2 Å². The number of nitrogens with one attached hydrogen (secondary N) is 1. The Hall–Kier alpha value is -4.07. The number of hydrogen-bond donors (Lipinski definition) is 1. The van der Waals surface area contributed by atoms with Crippen molar-refractivity contribution in [3.63, 3.8) is 0 Å². The van der Waals surface area contributed by atoms with Gasteiger partial charge < -0.3 is 15.1 Å². The molecule has 0 spiro atoms. The lowest BCUT2D eigenvalue weighted by molar-refractivity contribution is -0.129. The van der Waals surface area contributed by atoms with Crippen LogP contribution in [0.1, 0.15) is 54.4 Å². The van der Waals surface area contributed by atoms with E-state index in [0.717, 1.165) is 11.3 Å². The number of carbonyl (C=O) groups is 3. The van der Waals surface area contributed by atoms with Gasteiger partial charge in [0.2, 0.25) is 11.8 Å². The summed E-state index contributed by atoms with van der Waals surface area (Å²) in [6.45, 7) is 8.44. The number of benzene rings is 2. The van der Waals surface area contributed by atoms with Crippen molar-refractivity contribution in [3.8, 4) is 0 Å². The molecule has 1 aromatic heterocycles. The number of anilines is 1. The van der Waals surface area contributed by atoms with Crippen LogP contribution in [-0.2, 0) is 22.7 Å². The molecule has 1 N–H and O–H groups in total. The van der Waals surface area contributed by atoms with Gasteiger partial charge in [0, 0.05) is 48.3 Å². The maximum atomic E-state index is 14.1. The molecule has 198 valence electrons. The first-order chi connectivity index (χ1) is 18.0. The van der Waals surface area contributed by atoms with Crippen molar-refractivity contribution in [3.05, 3.63) is 95.1 Å². The van der Waals surface area contributed by atoms with Gasteiger partial charge in [0.1, 0.15) is 11.9 Å². The van der Waals surface area contributed by atoms with Gasteiger partial charge in [0.05, 0.1) is 6.42 Å². The van der Waals surface area contributed by atoms with Crippen LogP contribution in [0.2, 0.25) is 0 Å². The number of fused-ring (bicyclic) bond motifs is 1. The summed E-state index contributed by atoms with van der Waals surface area (Å²) in [6, 6.07) is 15.9. The molecule has 3 amide bonds. The van der Waals surface area contributed by atoms with Crippen LogP contribution in [0, 0.1) is 18.2 Å². The Bertz CT molecular complexity index is 1350. The third kappa shape index (κ3) is 6.25. The first-order valence-corrected chi connectivity index (χ1v) is 12.7. The summed E-state index contributed by atoms with van der Waals surface area (Å²) in [7, 11) is 0. The minimum atomic E-state index is -1.05. The number of halogens is 1. The Kier molecular flexibility index (Phi) is 7.90. The molecule has 1 aliphatic heterocycles. The topological polar surface area (TPSA) is 82.6 Å². The van der Waals surface area contributed by atoms with Crippen molar-refractivity contribution in [2.24, 2.45) is 5.41 Å². The Labute approximate surface area is 222 Å². The number of carbonyl (C=O) groups excluding carboxylic acids is 3. The van der Waals surface area contributed by atoms with E-state index in [-0.39, 0.29) is 36.7 Å². The quantitative estimate of drug-likeness (QED) is 0.518. The summed E-state index contributed by atoms with van der Waals surface area (Å²) in [5, 5.41) is 2.72. The zero-order valence-corrected chi connectivity index (χ0v) is 22.2. The predicted octanol–water partition coefficient (Wildman–Crippen LogP) is 4.64. The van der Waals surface area contributed by atoms with Crippen LogP contribution in [0.5, 0.6) is 0 Å². The van der Waals surface area contributed by atoms with E-state index >= 15 is 0 Å². The van der Waals surface area contributed by atoms with E-state index in [9.17, 15) is 18.8 Å². The third-order valence-corrected chi connectivity index (χ3v) is 6.40. The number of para-hydroxylation sites is 1. The molecule has 2 aromatic carbocycles. The molecule has 3 aromatic rings. The number of pyridine rings is 1. The highest BCUT2D eigenvalue weighted by Gasteiger charge is 2.40. The fourth-order valence-corrected chi connectivity index (χ4v) is 4.61. The van der Waals surface area contributed by atoms with E-state index in [4.69, 9.17) is 0 Å². The van der Waals surface area contributed by atoms with Crippen LogP contribution in [0.4, 0.5) is 10.1 Å². The SMILES string of the molecule is Cc1cc(C(=O)N2Cc3ccccc3N(CC(C)(C)C)C(=O)C2CC(=O)NCc2ccccc2F)ccn1. The maximum absolute atomic E-state index is 14.1. The second-order valence-electron chi connectivity index (χ2n) is 10.8. The zero-order chi connectivity index (χ0) is 27.4. The van der Waals surface area contributed by atoms with E-state index in [1.54, 1.807) is 48.4 Å². The molecule has 0 saturated heterocycles. The molecule has 0 saturated carbocycles. The van der Waals surface area contributed by atoms with Gasteiger partial charge in [0.25, 0.3) is 5.91 Å². The number of amides is 3. The molecule has 4 rings (SSSR count). The van der Waals surface area contributed by atoms with Gasteiger partial charge in [-0.3, -0.25) is 19.4 Å². The average molecular weight is 517 g/mol. The van der Waals surface area contributed by atoms with Crippen LogP contribution in [0.3, 0.4) is 0 Å². The smallest absolute Gasteiger partial charge is 0.254 e.